The van der Waals surface area contributed by atoms with Crippen LogP contribution in [-0.4, -0.2) is 29.9 Å². The summed E-state index contributed by atoms with van der Waals surface area (Å²) in [7, 11) is 0. The molecule has 1 aliphatic heterocycles. The molecule has 0 aromatic carbocycles. The standard InChI is InChI=1S/C16H20N2O2S/c1-11(9-17-16(19)14-4-3-12(2)20-14)18-7-5-15-13(10-18)6-8-21-15/h3-4,6,8,11H,5,7,9-10H2,1-2H3,(H,17,19)/t11-/m1/s1. The Bertz CT molecular complexity index is 632. The third kappa shape index (κ3) is 3.19. The van der Waals surface area contributed by atoms with Crippen LogP contribution in [0.5, 0.6) is 0 Å². The van der Waals surface area contributed by atoms with E-state index < -0.39 is 0 Å². The molecule has 0 saturated carbocycles. The zero-order chi connectivity index (χ0) is 14.8. The minimum atomic E-state index is -0.136. The highest BCUT2D eigenvalue weighted by atomic mass is 32.1. The van der Waals surface area contributed by atoms with Crippen molar-refractivity contribution in [2.45, 2.75) is 32.9 Å². The monoisotopic (exact) mass is 304 g/mol. The maximum absolute atomic E-state index is 12.0. The lowest BCUT2D eigenvalue weighted by atomic mass is 10.1. The van der Waals surface area contributed by atoms with E-state index in [1.54, 1.807) is 12.1 Å². The Morgan fingerprint density at radius 1 is 1.48 bits per heavy atom. The summed E-state index contributed by atoms with van der Waals surface area (Å²) >= 11 is 1.85. The first kappa shape index (κ1) is 14.4. The van der Waals surface area contributed by atoms with Gasteiger partial charge in [-0.1, -0.05) is 0 Å². The average molecular weight is 304 g/mol. The Kier molecular flexibility index (Phi) is 4.12. The van der Waals surface area contributed by atoms with Crippen LogP contribution in [0, 0.1) is 6.92 Å². The van der Waals surface area contributed by atoms with Gasteiger partial charge in [0.1, 0.15) is 5.76 Å². The average Bonchev–Trinajstić information content (AvgIpc) is 3.12. The Balaban J connectivity index is 1.53. The van der Waals surface area contributed by atoms with Crippen LogP contribution in [0.25, 0.3) is 0 Å². The molecule has 112 valence electrons. The quantitative estimate of drug-likeness (QED) is 0.945. The Hall–Kier alpha value is -1.59. The fraction of sp³-hybridized carbons (Fsp3) is 0.438. The first-order valence-electron chi connectivity index (χ1n) is 7.27. The molecule has 0 aliphatic carbocycles. The van der Waals surface area contributed by atoms with Crippen LogP contribution in [0.15, 0.2) is 28.0 Å². The summed E-state index contributed by atoms with van der Waals surface area (Å²) in [5.74, 6) is 1.01. The van der Waals surface area contributed by atoms with Crippen molar-refractivity contribution in [2.24, 2.45) is 0 Å². The van der Waals surface area contributed by atoms with Crippen molar-refractivity contribution in [1.82, 2.24) is 10.2 Å². The van der Waals surface area contributed by atoms with E-state index in [9.17, 15) is 4.79 Å². The molecule has 2 aromatic rings. The molecule has 0 bridgehead atoms. The van der Waals surface area contributed by atoms with Gasteiger partial charge in [-0.25, -0.2) is 0 Å². The van der Waals surface area contributed by atoms with Crippen LogP contribution in [0.1, 0.15) is 33.7 Å². The van der Waals surface area contributed by atoms with Crippen LogP contribution in [0.2, 0.25) is 0 Å². The molecule has 0 radical (unpaired) electrons. The van der Waals surface area contributed by atoms with Gasteiger partial charge < -0.3 is 9.73 Å². The van der Waals surface area contributed by atoms with Gasteiger partial charge in [0, 0.05) is 30.6 Å². The maximum Gasteiger partial charge on any atom is 0.287 e. The van der Waals surface area contributed by atoms with Gasteiger partial charge in [-0.3, -0.25) is 9.69 Å². The van der Waals surface area contributed by atoms with Gasteiger partial charge in [0.25, 0.3) is 5.91 Å². The zero-order valence-electron chi connectivity index (χ0n) is 12.4. The fourth-order valence-corrected chi connectivity index (χ4v) is 3.55. The van der Waals surface area contributed by atoms with E-state index in [0.29, 0.717) is 18.3 Å². The van der Waals surface area contributed by atoms with E-state index in [-0.39, 0.29) is 5.91 Å². The van der Waals surface area contributed by atoms with Crippen molar-refractivity contribution in [1.29, 1.82) is 0 Å². The summed E-state index contributed by atoms with van der Waals surface area (Å²) in [6.45, 7) is 6.68. The van der Waals surface area contributed by atoms with E-state index in [0.717, 1.165) is 25.3 Å². The second-order valence-electron chi connectivity index (χ2n) is 5.56. The molecular formula is C16H20N2O2S. The molecule has 1 N–H and O–H groups in total. The second-order valence-corrected chi connectivity index (χ2v) is 6.56. The number of carbonyl (C=O) groups excluding carboxylic acids is 1. The number of hydrogen-bond donors (Lipinski definition) is 1. The number of nitrogens with zero attached hydrogens (tertiary/aromatic N) is 1. The first-order valence-corrected chi connectivity index (χ1v) is 8.15. The summed E-state index contributed by atoms with van der Waals surface area (Å²) in [4.78, 5) is 15.9. The molecule has 0 unspecified atom stereocenters. The predicted molar refractivity (Wildman–Crippen MR) is 83.7 cm³/mol. The summed E-state index contributed by atoms with van der Waals surface area (Å²) in [5, 5.41) is 5.12. The number of amides is 1. The lowest BCUT2D eigenvalue weighted by Crippen LogP contribution is -2.44. The molecule has 1 amide bonds. The molecule has 2 aromatic heterocycles. The Morgan fingerprint density at radius 3 is 3.10 bits per heavy atom. The predicted octanol–water partition coefficient (Wildman–Crippen LogP) is 2.83. The topological polar surface area (TPSA) is 45.5 Å². The smallest absolute Gasteiger partial charge is 0.287 e. The molecule has 1 aliphatic rings. The van der Waals surface area contributed by atoms with Crippen LogP contribution < -0.4 is 5.32 Å². The number of rotatable bonds is 4. The van der Waals surface area contributed by atoms with E-state index >= 15 is 0 Å². The summed E-state index contributed by atoms with van der Waals surface area (Å²) in [6, 6.07) is 6.05. The van der Waals surface area contributed by atoms with E-state index in [2.05, 4.69) is 28.6 Å². The van der Waals surface area contributed by atoms with Crippen molar-refractivity contribution in [3.05, 3.63) is 45.5 Å². The van der Waals surface area contributed by atoms with Crippen LogP contribution in [0.4, 0.5) is 0 Å². The van der Waals surface area contributed by atoms with Crippen molar-refractivity contribution in [3.8, 4) is 0 Å². The summed E-state index contributed by atoms with van der Waals surface area (Å²) in [6.07, 6.45) is 1.11. The molecule has 0 spiro atoms. The molecule has 0 saturated heterocycles. The van der Waals surface area contributed by atoms with Gasteiger partial charge >= 0.3 is 0 Å². The Labute approximate surface area is 128 Å². The number of carbonyl (C=O) groups is 1. The second kappa shape index (κ2) is 6.03. The minimum Gasteiger partial charge on any atom is -0.456 e. The fourth-order valence-electron chi connectivity index (χ4n) is 2.66. The first-order chi connectivity index (χ1) is 10.1. The maximum atomic E-state index is 12.0. The van der Waals surface area contributed by atoms with Gasteiger partial charge in [-0.15, -0.1) is 11.3 Å². The SMILES string of the molecule is Cc1ccc(C(=O)NC[C@@H](C)N2CCc3sccc3C2)o1. The van der Waals surface area contributed by atoms with Crippen LogP contribution in [0.3, 0.4) is 0 Å². The molecule has 1 atom stereocenters. The van der Waals surface area contributed by atoms with E-state index in [4.69, 9.17) is 4.42 Å². The number of thiophene rings is 1. The molecule has 3 rings (SSSR count). The summed E-state index contributed by atoms with van der Waals surface area (Å²) in [5.41, 5.74) is 1.44. The van der Waals surface area contributed by atoms with Crippen molar-refractivity contribution in [3.63, 3.8) is 0 Å². The summed E-state index contributed by atoms with van der Waals surface area (Å²) < 4.78 is 5.33. The Morgan fingerprint density at radius 2 is 2.33 bits per heavy atom. The van der Waals surface area contributed by atoms with Crippen molar-refractivity contribution >= 4 is 17.2 Å². The third-order valence-corrected chi connectivity index (χ3v) is 5.01. The lowest BCUT2D eigenvalue weighted by Gasteiger charge is -2.32. The molecule has 4 nitrogen and oxygen atoms in total. The van der Waals surface area contributed by atoms with Crippen LogP contribution in [-0.2, 0) is 13.0 Å². The number of furan rings is 1. The van der Waals surface area contributed by atoms with Crippen molar-refractivity contribution in [2.75, 3.05) is 13.1 Å². The van der Waals surface area contributed by atoms with Gasteiger partial charge in [0.2, 0.25) is 0 Å². The van der Waals surface area contributed by atoms with E-state index in [1.807, 2.05) is 18.3 Å². The molecule has 0 fully saturated rings. The van der Waals surface area contributed by atoms with E-state index in [1.165, 1.54) is 10.4 Å². The third-order valence-electron chi connectivity index (χ3n) is 3.98. The van der Waals surface area contributed by atoms with Crippen LogP contribution >= 0.6 is 11.3 Å². The lowest BCUT2D eigenvalue weighted by molar-refractivity contribution is 0.0904. The number of fused-ring (bicyclic) bond motifs is 1. The molecule has 5 heteroatoms. The van der Waals surface area contributed by atoms with Crippen molar-refractivity contribution < 1.29 is 9.21 Å². The number of nitrogens with one attached hydrogen (secondary N) is 1. The van der Waals surface area contributed by atoms with Gasteiger partial charge in [-0.2, -0.15) is 0 Å². The zero-order valence-corrected chi connectivity index (χ0v) is 13.2. The normalized spacial score (nSPS) is 16.5. The number of hydrogen-bond acceptors (Lipinski definition) is 4. The molecule has 3 heterocycles. The van der Waals surface area contributed by atoms with Gasteiger partial charge in [-0.05, 0) is 49.4 Å². The molecular weight excluding hydrogens is 284 g/mol. The highest BCUT2D eigenvalue weighted by molar-refractivity contribution is 7.10. The molecule has 21 heavy (non-hydrogen) atoms. The highest BCUT2D eigenvalue weighted by Crippen LogP contribution is 2.24. The largest absolute Gasteiger partial charge is 0.456 e. The van der Waals surface area contributed by atoms with Gasteiger partial charge in [0.05, 0.1) is 0 Å². The highest BCUT2D eigenvalue weighted by Gasteiger charge is 2.22. The van der Waals surface area contributed by atoms with Gasteiger partial charge in [0.15, 0.2) is 5.76 Å². The minimum absolute atomic E-state index is 0.136. The number of aryl methyl sites for hydroxylation is 1.